The molecule has 2 amide bonds. The number of methoxy groups -OCH3 is 1. The number of hydrogen-bond donors (Lipinski definition) is 4. The zero-order valence-corrected chi connectivity index (χ0v) is 34.6. The van der Waals surface area contributed by atoms with Gasteiger partial charge in [-0.25, -0.2) is 4.79 Å². The second kappa shape index (κ2) is 20.1. The number of amides is 2. The van der Waals surface area contributed by atoms with Crippen LogP contribution in [0, 0.1) is 23.7 Å². The highest BCUT2D eigenvalue weighted by atomic mass is 16.7. The minimum Gasteiger partial charge on any atom is -0.465 e. The summed E-state index contributed by atoms with van der Waals surface area (Å²) >= 11 is 0. The molecule has 2 aliphatic heterocycles. The lowest BCUT2D eigenvalue weighted by molar-refractivity contribution is -0.295. The van der Waals surface area contributed by atoms with Crippen LogP contribution in [0.4, 0.5) is 4.79 Å². The molecule has 0 aromatic carbocycles. The number of ketones is 2. The molecule has 0 bridgehead atoms. The van der Waals surface area contributed by atoms with Crippen LogP contribution in [0.15, 0.2) is 28.9 Å². The molecule has 1 aromatic heterocycles. The van der Waals surface area contributed by atoms with Crippen LogP contribution >= 0.6 is 0 Å². The number of likely N-dealkylation sites (N-methyl/N-ethyl adjacent to an activating group) is 1. The number of ether oxygens (including phenoxy) is 5. The summed E-state index contributed by atoms with van der Waals surface area (Å²) in [5, 5.41) is 28.5. The molecule has 13 atom stereocenters. The summed E-state index contributed by atoms with van der Waals surface area (Å²) < 4.78 is 35.4. The summed E-state index contributed by atoms with van der Waals surface area (Å²) in [5.41, 5.74) is -3.47. The van der Waals surface area contributed by atoms with Gasteiger partial charge in [0.15, 0.2) is 12.1 Å². The topological polar surface area (TPSA) is 212 Å². The van der Waals surface area contributed by atoms with E-state index in [4.69, 9.17) is 28.1 Å². The fourth-order valence-corrected chi connectivity index (χ4v) is 7.75. The normalized spacial score (nSPS) is 36.5. The van der Waals surface area contributed by atoms with Crippen molar-refractivity contribution in [1.82, 2.24) is 15.5 Å². The van der Waals surface area contributed by atoms with Gasteiger partial charge in [0.1, 0.15) is 41.4 Å². The first-order valence-electron chi connectivity index (χ1n) is 19.3. The van der Waals surface area contributed by atoms with Gasteiger partial charge in [-0.15, -0.1) is 0 Å². The molecule has 16 nitrogen and oxygen atoms in total. The van der Waals surface area contributed by atoms with Crippen molar-refractivity contribution in [2.24, 2.45) is 23.7 Å². The molecule has 3 heterocycles. The Balaban J connectivity index is 1.92. The number of furan rings is 1. The maximum atomic E-state index is 14.3. The maximum Gasteiger partial charge on any atom is 0.407 e. The van der Waals surface area contributed by atoms with Crippen LogP contribution < -0.4 is 10.6 Å². The molecule has 0 saturated carbocycles. The summed E-state index contributed by atoms with van der Waals surface area (Å²) in [6, 6.07) is 3.04. The first-order valence-corrected chi connectivity index (χ1v) is 19.3. The number of aliphatic hydroxyl groups excluding tert-OH is 1. The molecule has 0 spiro atoms. The molecule has 3 rings (SSSR count). The monoisotopic (exact) mass is 793 g/mol. The highest BCUT2D eigenvalue weighted by Gasteiger charge is 2.53. The highest BCUT2D eigenvalue weighted by Crippen LogP contribution is 2.39. The standard InChI is InChI=1S/C40H63N3O13/c1-12-29-40(8,50)35(56-38(49)42-18-17-41-30(44)16-15-27-14-13-19-52-27)24(4)31(45)22(2)21-39(7,51-11)34(25(5)32(46)26(6)36(48)54-29)55-37-33(47)28(43(9)10)20-23(3)53-37/h13-16,19,22-26,28-29,33-35,37,47,50H,12,17-18,20-21H2,1-11H3,(H,41,44)(H,42,49)/b16-15+/t22-,23-,24+,25+,26-,28+,29-,33-,34-,35-,37+,39-,40-/m1/s1. The Morgan fingerprint density at radius 3 is 2.25 bits per heavy atom. The van der Waals surface area contributed by atoms with E-state index < -0.39 is 95.1 Å². The van der Waals surface area contributed by atoms with E-state index in [2.05, 4.69) is 10.6 Å². The second-order valence-corrected chi connectivity index (χ2v) is 15.8. The van der Waals surface area contributed by atoms with Crippen LogP contribution in [-0.2, 0) is 42.9 Å². The Bertz CT molecular complexity index is 1510. The smallest absolute Gasteiger partial charge is 0.407 e. The van der Waals surface area contributed by atoms with Crippen molar-refractivity contribution in [3.05, 3.63) is 30.2 Å². The number of Topliss-reactive ketones (excluding diaryl/α,β-unsaturated/α-hetero) is 2. The molecule has 56 heavy (non-hydrogen) atoms. The predicted octanol–water partition coefficient (Wildman–Crippen LogP) is 2.88. The fraction of sp³-hybridized carbons (Fsp3) is 0.725. The Morgan fingerprint density at radius 1 is 1.02 bits per heavy atom. The number of hydrogen-bond acceptors (Lipinski definition) is 14. The average Bonchev–Trinajstić information content (AvgIpc) is 3.68. The molecule has 0 unspecified atom stereocenters. The molecule has 4 N–H and O–H groups in total. The number of carbonyl (C=O) groups is 5. The summed E-state index contributed by atoms with van der Waals surface area (Å²) in [6.07, 6.45) is -2.73. The molecule has 2 aliphatic rings. The van der Waals surface area contributed by atoms with E-state index in [-0.39, 0.29) is 38.1 Å². The summed E-state index contributed by atoms with van der Waals surface area (Å²) in [5.74, 6) is -6.16. The third-order valence-corrected chi connectivity index (χ3v) is 11.1. The Morgan fingerprint density at radius 2 is 1.66 bits per heavy atom. The van der Waals surface area contributed by atoms with Crippen LogP contribution in [-0.4, -0.2) is 133 Å². The van der Waals surface area contributed by atoms with Gasteiger partial charge >= 0.3 is 12.1 Å². The largest absolute Gasteiger partial charge is 0.465 e. The summed E-state index contributed by atoms with van der Waals surface area (Å²) in [6.45, 7) is 12.6. The van der Waals surface area contributed by atoms with Crippen LogP contribution in [0.5, 0.6) is 0 Å². The molecule has 16 heteroatoms. The van der Waals surface area contributed by atoms with Crippen molar-refractivity contribution in [2.75, 3.05) is 34.3 Å². The van der Waals surface area contributed by atoms with Gasteiger partial charge in [0, 0.05) is 44.2 Å². The van der Waals surface area contributed by atoms with Gasteiger partial charge in [0.05, 0.1) is 30.0 Å². The van der Waals surface area contributed by atoms with Crippen molar-refractivity contribution in [2.45, 2.75) is 129 Å². The SMILES string of the molecule is CC[C@H]1OC(=O)[C@H](C)C(=O)[C@H](C)[C@@H](O[C@@H]2O[C@H](C)C[C@H](N(C)C)[C@H]2O)[C@](C)(OC)C[C@@H](C)C(=O)[C@H](C)[C@@H](OC(=O)NCCNC(=O)/C=C/c2ccco2)[C@]1(C)O. The molecule has 1 aromatic rings. The molecule has 0 aliphatic carbocycles. The maximum absolute atomic E-state index is 14.3. The first-order chi connectivity index (χ1) is 26.2. The van der Waals surface area contributed by atoms with Crippen LogP contribution in [0.25, 0.3) is 6.08 Å². The molecular formula is C40H63N3O13. The number of aliphatic hydroxyl groups is 2. The van der Waals surface area contributed by atoms with Gasteiger partial charge in [0.2, 0.25) is 5.91 Å². The Labute approximate surface area is 329 Å². The fourth-order valence-electron chi connectivity index (χ4n) is 7.75. The lowest BCUT2D eigenvalue weighted by Crippen LogP contribution is -2.60. The minimum absolute atomic E-state index is 0.00437. The molecule has 316 valence electrons. The van der Waals surface area contributed by atoms with Gasteiger partial charge in [-0.2, -0.15) is 0 Å². The lowest BCUT2D eigenvalue weighted by Gasteiger charge is -2.47. The van der Waals surface area contributed by atoms with Gasteiger partial charge in [-0.3, -0.25) is 19.2 Å². The van der Waals surface area contributed by atoms with Crippen LogP contribution in [0.2, 0.25) is 0 Å². The van der Waals surface area contributed by atoms with E-state index in [0.29, 0.717) is 12.2 Å². The van der Waals surface area contributed by atoms with Gasteiger partial charge in [-0.1, -0.05) is 27.7 Å². The van der Waals surface area contributed by atoms with Crippen molar-refractivity contribution in [1.29, 1.82) is 0 Å². The van der Waals surface area contributed by atoms with Gasteiger partial charge in [-0.05, 0) is 79.3 Å². The first kappa shape index (κ1) is 46.7. The lowest BCUT2D eigenvalue weighted by atomic mass is 9.74. The van der Waals surface area contributed by atoms with E-state index in [1.165, 1.54) is 46.3 Å². The number of rotatable bonds is 11. The number of cyclic esters (lactones) is 1. The number of esters is 1. The van der Waals surface area contributed by atoms with E-state index in [1.807, 2.05) is 25.9 Å². The summed E-state index contributed by atoms with van der Waals surface area (Å²) in [4.78, 5) is 69.4. The molecule has 0 radical (unpaired) electrons. The predicted molar refractivity (Wildman–Crippen MR) is 204 cm³/mol. The quantitative estimate of drug-likeness (QED) is 0.110. The average molecular weight is 794 g/mol. The second-order valence-electron chi connectivity index (χ2n) is 15.8. The van der Waals surface area contributed by atoms with Crippen LogP contribution in [0.1, 0.15) is 80.4 Å². The summed E-state index contributed by atoms with van der Waals surface area (Å²) in [7, 11) is 5.09. The van der Waals surface area contributed by atoms with Crippen molar-refractivity contribution >= 4 is 35.6 Å². The zero-order valence-electron chi connectivity index (χ0n) is 34.6. The number of nitrogens with one attached hydrogen (secondary N) is 2. The molecule has 2 saturated heterocycles. The minimum atomic E-state index is -2.11. The van der Waals surface area contributed by atoms with E-state index in [9.17, 15) is 34.2 Å². The third-order valence-electron chi connectivity index (χ3n) is 11.1. The van der Waals surface area contributed by atoms with Crippen LogP contribution in [0.3, 0.4) is 0 Å². The number of nitrogens with zero attached hydrogens (tertiary/aromatic N) is 1. The van der Waals surface area contributed by atoms with Crippen molar-refractivity contribution in [3.8, 4) is 0 Å². The van der Waals surface area contributed by atoms with E-state index in [1.54, 1.807) is 39.8 Å². The highest BCUT2D eigenvalue weighted by molar-refractivity contribution is 6.00. The van der Waals surface area contributed by atoms with E-state index in [0.717, 1.165) is 0 Å². The molecule has 2 fully saturated rings. The van der Waals surface area contributed by atoms with Gasteiger partial charge < -0.3 is 53.8 Å². The zero-order chi connectivity index (χ0) is 42.1. The number of alkyl carbamates (subject to hydrolysis) is 1. The Kier molecular flexibility index (Phi) is 16.8. The number of carbonyl (C=O) groups excluding carboxylic acids is 5. The third kappa shape index (κ3) is 11.5. The van der Waals surface area contributed by atoms with Crippen molar-refractivity contribution < 1.29 is 62.3 Å². The van der Waals surface area contributed by atoms with Gasteiger partial charge in [0.25, 0.3) is 0 Å². The van der Waals surface area contributed by atoms with E-state index >= 15 is 0 Å². The molecular weight excluding hydrogens is 730 g/mol. The Hall–Kier alpha value is -3.67. The van der Waals surface area contributed by atoms with Crippen molar-refractivity contribution in [3.63, 3.8) is 0 Å².